The van der Waals surface area contributed by atoms with Gasteiger partial charge in [0.15, 0.2) is 0 Å². The number of hydrogen-bond acceptors (Lipinski definition) is 3. The number of nitrogens with zero attached hydrogens (tertiary/aromatic N) is 3. The smallest absolute Gasteiger partial charge is 0.317 e. The number of nitrogens with one attached hydrogen (secondary N) is 1. The lowest BCUT2D eigenvalue weighted by atomic mass is 10.00. The van der Waals surface area contributed by atoms with E-state index in [1.54, 1.807) is 17.1 Å². The Morgan fingerprint density at radius 2 is 2.28 bits per heavy atom. The molecule has 1 aromatic heterocycles. The highest BCUT2D eigenvalue weighted by Gasteiger charge is 2.19. The molecule has 2 rings (SSSR count). The van der Waals surface area contributed by atoms with Gasteiger partial charge in [-0.2, -0.15) is 5.10 Å². The lowest BCUT2D eigenvalue weighted by molar-refractivity contribution is 0.173. The lowest BCUT2D eigenvalue weighted by Crippen LogP contribution is -2.44. The first-order valence-corrected chi connectivity index (χ1v) is 6.46. The van der Waals surface area contributed by atoms with Crippen LogP contribution in [0, 0.1) is 5.92 Å². The van der Waals surface area contributed by atoms with Crippen molar-refractivity contribution < 1.29 is 4.79 Å². The number of rotatable bonds is 3. The number of carbonyl (C=O) groups is 1. The maximum absolute atomic E-state index is 11.9. The van der Waals surface area contributed by atoms with E-state index >= 15 is 0 Å². The molecule has 0 bridgehead atoms. The number of nitrogens with two attached hydrogens (primary N) is 1. The SMILES string of the molecule is CC1CCN(C(=O)NCCn2cc(N)cn2)CC1. The van der Waals surface area contributed by atoms with Crippen LogP contribution in [0.3, 0.4) is 0 Å². The molecule has 0 aliphatic carbocycles. The van der Waals surface area contributed by atoms with Crippen LogP contribution in [0.1, 0.15) is 19.8 Å². The predicted molar refractivity (Wildman–Crippen MR) is 70.0 cm³/mol. The van der Waals surface area contributed by atoms with Gasteiger partial charge in [0.2, 0.25) is 0 Å². The molecule has 0 spiro atoms. The Kier molecular flexibility index (Phi) is 4.07. The molecular weight excluding hydrogens is 230 g/mol. The maximum atomic E-state index is 11.9. The zero-order chi connectivity index (χ0) is 13.0. The van der Waals surface area contributed by atoms with E-state index in [0.29, 0.717) is 18.8 Å². The highest BCUT2D eigenvalue weighted by Crippen LogP contribution is 2.15. The highest BCUT2D eigenvalue weighted by atomic mass is 16.2. The molecule has 1 aromatic rings. The molecule has 1 saturated heterocycles. The van der Waals surface area contributed by atoms with Crippen LogP contribution in [0.4, 0.5) is 10.5 Å². The van der Waals surface area contributed by atoms with Crippen molar-refractivity contribution in [3.8, 4) is 0 Å². The lowest BCUT2D eigenvalue weighted by Gasteiger charge is -2.30. The summed E-state index contributed by atoms with van der Waals surface area (Å²) in [6, 6.07) is 0.0297. The summed E-state index contributed by atoms with van der Waals surface area (Å²) in [5.74, 6) is 0.737. The van der Waals surface area contributed by atoms with E-state index in [0.717, 1.165) is 31.8 Å². The van der Waals surface area contributed by atoms with Gasteiger partial charge in [-0.3, -0.25) is 4.68 Å². The molecule has 0 atom stereocenters. The summed E-state index contributed by atoms with van der Waals surface area (Å²) < 4.78 is 1.73. The van der Waals surface area contributed by atoms with Crippen LogP contribution in [-0.2, 0) is 6.54 Å². The first-order valence-electron chi connectivity index (χ1n) is 6.46. The van der Waals surface area contributed by atoms with Crippen molar-refractivity contribution in [2.75, 3.05) is 25.4 Å². The zero-order valence-corrected chi connectivity index (χ0v) is 10.8. The van der Waals surface area contributed by atoms with E-state index in [1.165, 1.54) is 0 Å². The summed E-state index contributed by atoms with van der Waals surface area (Å²) in [5.41, 5.74) is 6.21. The number of anilines is 1. The molecule has 6 nitrogen and oxygen atoms in total. The van der Waals surface area contributed by atoms with Crippen LogP contribution >= 0.6 is 0 Å². The van der Waals surface area contributed by atoms with Gasteiger partial charge in [0.25, 0.3) is 0 Å². The second-order valence-corrected chi connectivity index (χ2v) is 4.94. The van der Waals surface area contributed by atoms with Crippen molar-refractivity contribution in [3.05, 3.63) is 12.4 Å². The Bertz CT molecular complexity index is 395. The van der Waals surface area contributed by atoms with Gasteiger partial charge >= 0.3 is 6.03 Å². The Hall–Kier alpha value is -1.72. The van der Waals surface area contributed by atoms with Crippen LogP contribution < -0.4 is 11.1 Å². The minimum Gasteiger partial charge on any atom is -0.396 e. The number of nitrogen functional groups attached to an aromatic ring is 1. The summed E-state index contributed by atoms with van der Waals surface area (Å²) >= 11 is 0. The monoisotopic (exact) mass is 251 g/mol. The van der Waals surface area contributed by atoms with Gasteiger partial charge in [-0.1, -0.05) is 6.92 Å². The van der Waals surface area contributed by atoms with Crippen LogP contribution in [0.5, 0.6) is 0 Å². The topological polar surface area (TPSA) is 76.2 Å². The van der Waals surface area contributed by atoms with Gasteiger partial charge in [-0.25, -0.2) is 4.79 Å². The predicted octanol–water partition coefficient (Wildman–Crippen LogP) is 0.907. The molecule has 100 valence electrons. The molecule has 0 radical (unpaired) electrons. The van der Waals surface area contributed by atoms with Gasteiger partial charge in [0.05, 0.1) is 18.4 Å². The normalized spacial score (nSPS) is 16.8. The number of hydrogen-bond donors (Lipinski definition) is 2. The number of carbonyl (C=O) groups excluding carboxylic acids is 1. The van der Waals surface area contributed by atoms with E-state index in [9.17, 15) is 4.79 Å². The quantitative estimate of drug-likeness (QED) is 0.838. The van der Waals surface area contributed by atoms with Gasteiger partial charge in [-0.05, 0) is 18.8 Å². The summed E-state index contributed by atoms with van der Waals surface area (Å²) in [5, 5.41) is 6.97. The number of amides is 2. The highest BCUT2D eigenvalue weighted by molar-refractivity contribution is 5.74. The minimum absolute atomic E-state index is 0.0297. The fourth-order valence-corrected chi connectivity index (χ4v) is 2.10. The fraction of sp³-hybridized carbons (Fsp3) is 0.667. The Morgan fingerprint density at radius 1 is 1.56 bits per heavy atom. The molecule has 0 saturated carbocycles. The average Bonchev–Trinajstić information content (AvgIpc) is 2.76. The molecule has 0 aromatic carbocycles. The third-order valence-electron chi connectivity index (χ3n) is 3.34. The summed E-state index contributed by atoms with van der Waals surface area (Å²) in [6.45, 7) is 5.18. The Balaban J connectivity index is 1.68. The number of piperidine rings is 1. The standard InChI is InChI=1S/C12H21N5O/c1-10-2-5-16(6-3-10)12(18)14-4-7-17-9-11(13)8-15-17/h8-10H,2-7,13H2,1H3,(H,14,18). The Morgan fingerprint density at radius 3 is 2.89 bits per heavy atom. The second kappa shape index (κ2) is 5.75. The second-order valence-electron chi connectivity index (χ2n) is 4.94. The van der Waals surface area contributed by atoms with Crippen molar-refractivity contribution in [3.63, 3.8) is 0 Å². The summed E-state index contributed by atoms with van der Waals surface area (Å²) in [4.78, 5) is 13.7. The summed E-state index contributed by atoms with van der Waals surface area (Å²) in [6.07, 6.45) is 5.56. The molecule has 6 heteroatoms. The fourth-order valence-electron chi connectivity index (χ4n) is 2.10. The third kappa shape index (κ3) is 3.38. The molecule has 1 fully saturated rings. The average molecular weight is 251 g/mol. The molecule has 2 heterocycles. The van der Waals surface area contributed by atoms with Crippen molar-refractivity contribution >= 4 is 11.7 Å². The number of aromatic nitrogens is 2. The van der Waals surface area contributed by atoms with E-state index < -0.39 is 0 Å². The number of urea groups is 1. The first kappa shape index (κ1) is 12.7. The largest absolute Gasteiger partial charge is 0.396 e. The molecule has 0 unspecified atom stereocenters. The van der Waals surface area contributed by atoms with E-state index in [2.05, 4.69) is 17.3 Å². The number of likely N-dealkylation sites (tertiary alicyclic amines) is 1. The third-order valence-corrected chi connectivity index (χ3v) is 3.34. The molecular formula is C12H21N5O. The van der Waals surface area contributed by atoms with Crippen LogP contribution in [0.25, 0.3) is 0 Å². The van der Waals surface area contributed by atoms with E-state index in [-0.39, 0.29) is 6.03 Å². The van der Waals surface area contributed by atoms with E-state index in [4.69, 9.17) is 5.73 Å². The van der Waals surface area contributed by atoms with Gasteiger partial charge in [0, 0.05) is 25.8 Å². The first-order chi connectivity index (χ1) is 8.65. The van der Waals surface area contributed by atoms with Crippen molar-refractivity contribution in [2.24, 2.45) is 5.92 Å². The zero-order valence-electron chi connectivity index (χ0n) is 10.8. The van der Waals surface area contributed by atoms with Crippen LogP contribution in [-0.4, -0.2) is 40.3 Å². The molecule has 1 aliphatic rings. The van der Waals surface area contributed by atoms with E-state index in [1.807, 2.05) is 4.90 Å². The minimum atomic E-state index is 0.0297. The van der Waals surface area contributed by atoms with Crippen molar-refractivity contribution in [2.45, 2.75) is 26.3 Å². The van der Waals surface area contributed by atoms with Gasteiger partial charge < -0.3 is 16.0 Å². The van der Waals surface area contributed by atoms with Crippen molar-refractivity contribution in [1.29, 1.82) is 0 Å². The molecule has 2 amide bonds. The maximum Gasteiger partial charge on any atom is 0.317 e. The van der Waals surface area contributed by atoms with Gasteiger partial charge in [0.1, 0.15) is 0 Å². The van der Waals surface area contributed by atoms with Gasteiger partial charge in [-0.15, -0.1) is 0 Å². The van der Waals surface area contributed by atoms with Crippen molar-refractivity contribution in [1.82, 2.24) is 20.0 Å². The van der Waals surface area contributed by atoms with Crippen LogP contribution in [0.15, 0.2) is 12.4 Å². The molecule has 1 aliphatic heterocycles. The molecule has 3 N–H and O–H groups in total. The molecule has 18 heavy (non-hydrogen) atoms. The van der Waals surface area contributed by atoms with Crippen LogP contribution in [0.2, 0.25) is 0 Å². The Labute approximate surface area is 107 Å². The summed E-state index contributed by atoms with van der Waals surface area (Å²) in [7, 11) is 0.